The van der Waals surface area contributed by atoms with Crippen LogP contribution in [-0.4, -0.2) is 25.0 Å². The van der Waals surface area contributed by atoms with Crippen molar-refractivity contribution in [3.8, 4) is 5.75 Å². The summed E-state index contributed by atoms with van der Waals surface area (Å²) in [7, 11) is 0. The number of nitrogens with zero attached hydrogens (tertiary/aromatic N) is 1. The van der Waals surface area contributed by atoms with E-state index in [0.717, 1.165) is 11.6 Å². The van der Waals surface area contributed by atoms with Crippen molar-refractivity contribution in [3.63, 3.8) is 0 Å². The summed E-state index contributed by atoms with van der Waals surface area (Å²) in [5.41, 5.74) is 0.931. The van der Waals surface area contributed by atoms with Gasteiger partial charge in [0.05, 0.1) is 17.9 Å². The number of benzene rings is 2. The summed E-state index contributed by atoms with van der Waals surface area (Å²) in [5.74, 6) is -5.40. The van der Waals surface area contributed by atoms with Crippen molar-refractivity contribution in [1.82, 2.24) is 0 Å². The zero-order valence-electron chi connectivity index (χ0n) is 13.1. The third kappa shape index (κ3) is 3.42. The van der Waals surface area contributed by atoms with Crippen LogP contribution in [0.3, 0.4) is 0 Å². The van der Waals surface area contributed by atoms with Gasteiger partial charge in [-0.05, 0) is 36.8 Å². The minimum Gasteiger partial charge on any atom is -0.423 e. The second kappa shape index (κ2) is 6.46. The molecule has 0 aliphatic carbocycles. The van der Waals surface area contributed by atoms with Crippen molar-refractivity contribution in [1.29, 1.82) is 0 Å². The van der Waals surface area contributed by atoms with E-state index in [-0.39, 0.29) is 13.1 Å². The Morgan fingerprint density at radius 1 is 1.20 bits per heavy atom. The number of carbonyl (C=O) groups is 2. The molecule has 1 heterocycles. The number of hydrogen-bond acceptors (Lipinski definition) is 4. The number of esters is 1. The summed E-state index contributed by atoms with van der Waals surface area (Å²) in [4.78, 5) is 25.3. The smallest absolute Gasteiger partial charge is 0.331 e. The van der Waals surface area contributed by atoms with Gasteiger partial charge in [0.15, 0.2) is 23.2 Å². The van der Waals surface area contributed by atoms with Crippen LogP contribution in [0.1, 0.15) is 5.56 Å². The van der Waals surface area contributed by atoms with Gasteiger partial charge in [0.2, 0.25) is 5.91 Å². The van der Waals surface area contributed by atoms with Gasteiger partial charge in [-0.15, -0.1) is 0 Å². The zero-order valence-corrected chi connectivity index (χ0v) is 13.1. The first kappa shape index (κ1) is 16.8. The summed E-state index contributed by atoms with van der Waals surface area (Å²) < 4.78 is 44.9. The Bertz CT molecular complexity index is 870. The van der Waals surface area contributed by atoms with Gasteiger partial charge in [0.1, 0.15) is 6.54 Å². The van der Waals surface area contributed by atoms with Crippen molar-refractivity contribution >= 4 is 23.3 Å². The Morgan fingerprint density at radius 2 is 1.96 bits per heavy atom. The minimum absolute atomic E-state index is 0.163. The van der Waals surface area contributed by atoms with E-state index in [4.69, 9.17) is 4.74 Å². The van der Waals surface area contributed by atoms with Gasteiger partial charge in [-0.25, -0.2) is 18.0 Å². The Morgan fingerprint density at radius 3 is 2.72 bits per heavy atom. The summed E-state index contributed by atoms with van der Waals surface area (Å²) >= 11 is 0. The molecule has 0 bridgehead atoms. The second-order valence-corrected chi connectivity index (χ2v) is 5.57. The molecule has 0 saturated heterocycles. The normalized spacial score (nSPS) is 13.3. The SMILES string of the molecule is Cc1ccc2c(c1)OC(=O)CN2CC(=O)Nc1ccc(F)c(F)c1F. The largest absolute Gasteiger partial charge is 0.423 e. The monoisotopic (exact) mass is 350 g/mol. The molecular formula is C17H13F3N2O3. The fourth-order valence-electron chi connectivity index (χ4n) is 2.49. The second-order valence-electron chi connectivity index (χ2n) is 5.57. The number of nitrogens with one attached hydrogen (secondary N) is 1. The van der Waals surface area contributed by atoms with Crippen LogP contribution in [0.2, 0.25) is 0 Å². The highest BCUT2D eigenvalue weighted by molar-refractivity contribution is 5.96. The third-order valence-electron chi connectivity index (χ3n) is 3.64. The number of ether oxygens (including phenoxy) is 1. The van der Waals surface area contributed by atoms with E-state index in [1.54, 1.807) is 18.2 Å². The molecule has 1 N–H and O–H groups in total. The highest BCUT2D eigenvalue weighted by Crippen LogP contribution is 2.32. The Balaban J connectivity index is 1.78. The average molecular weight is 350 g/mol. The van der Waals surface area contributed by atoms with Crippen LogP contribution in [-0.2, 0) is 9.59 Å². The molecule has 0 spiro atoms. The zero-order chi connectivity index (χ0) is 18.1. The van der Waals surface area contributed by atoms with Crippen molar-refractivity contribution in [2.75, 3.05) is 23.3 Å². The molecule has 0 radical (unpaired) electrons. The number of fused-ring (bicyclic) bond motifs is 1. The van der Waals surface area contributed by atoms with Crippen LogP contribution in [0.15, 0.2) is 30.3 Å². The van der Waals surface area contributed by atoms with Crippen LogP contribution in [0, 0.1) is 24.4 Å². The molecule has 2 aromatic rings. The lowest BCUT2D eigenvalue weighted by Gasteiger charge is -2.29. The quantitative estimate of drug-likeness (QED) is 0.525. The summed E-state index contributed by atoms with van der Waals surface area (Å²) in [6.07, 6.45) is 0. The maximum atomic E-state index is 13.6. The van der Waals surface area contributed by atoms with Crippen LogP contribution in [0.5, 0.6) is 5.75 Å². The predicted octanol–water partition coefficient (Wildman–Crippen LogP) is 2.78. The average Bonchev–Trinajstić information content (AvgIpc) is 2.55. The fourth-order valence-corrected chi connectivity index (χ4v) is 2.49. The number of halogens is 3. The summed E-state index contributed by atoms with van der Waals surface area (Å²) in [6, 6.07) is 6.78. The van der Waals surface area contributed by atoms with Crippen LogP contribution >= 0.6 is 0 Å². The van der Waals surface area contributed by atoms with Crippen molar-refractivity contribution in [2.24, 2.45) is 0 Å². The van der Waals surface area contributed by atoms with Crippen molar-refractivity contribution in [3.05, 3.63) is 53.3 Å². The van der Waals surface area contributed by atoms with E-state index < -0.39 is 35.0 Å². The molecule has 1 amide bonds. The number of anilines is 2. The standard InChI is InChI=1S/C17H13F3N2O3/c1-9-2-5-12-13(6-9)25-15(24)8-22(12)7-14(23)21-11-4-3-10(18)16(19)17(11)20/h2-6H,7-8H2,1H3,(H,21,23). The van der Waals surface area contributed by atoms with E-state index in [1.807, 2.05) is 6.92 Å². The molecule has 0 atom stereocenters. The molecular weight excluding hydrogens is 337 g/mol. The molecule has 3 rings (SSSR count). The molecule has 0 saturated carbocycles. The van der Waals surface area contributed by atoms with E-state index in [1.165, 1.54) is 4.90 Å². The van der Waals surface area contributed by atoms with Gasteiger partial charge >= 0.3 is 5.97 Å². The minimum atomic E-state index is -1.67. The predicted molar refractivity (Wildman–Crippen MR) is 84.0 cm³/mol. The molecule has 0 unspecified atom stereocenters. The number of rotatable bonds is 3. The Kier molecular flexibility index (Phi) is 4.35. The van der Waals surface area contributed by atoms with Crippen molar-refractivity contribution in [2.45, 2.75) is 6.92 Å². The molecule has 5 nitrogen and oxygen atoms in total. The third-order valence-corrected chi connectivity index (χ3v) is 3.64. The molecule has 2 aromatic carbocycles. The lowest BCUT2D eigenvalue weighted by Crippen LogP contribution is -2.41. The molecule has 8 heteroatoms. The number of amides is 1. The van der Waals surface area contributed by atoms with E-state index >= 15 is 0 Å². The fraction of sp³-hybridized carbons (Fsp3) is 0.176. The number of carbonyl (C=O) groups excluding carboxylic acids is 2. The van der Waals surface area contributed by atoms with Crippen molar-refractivity contribution < 1.29 is 27.5 Å². The molecule has 130 valence electrons. The van der Waals surface area contributed by atoms with Gasteiger partial charge in [-0.1, -0.05) is 6.07 Å². The van der Waals surface area contributed by atoms with Gasteiger partial charge in [-0.2, -0.15) is 0 Å². The number of aryl methyl sites for hydroxylation is 1. The number of hydrogen-bond donors (Lipinski definition) is 1. The first-order valence-corrected chi connectivity index (χ1v) is 7.35. The molecule has 25 heavy (non-hydrogen) atoms. The molecule has 1 aliphatic heterocycles. The first-order valence-electron chi connectivity index (χ1n) is 7.35. The Hall–Kier alpha value is -3.03. The highest BCUT2D eigenvalue weighted by atomic mass is 19.2. The van der Waals surface area contributed by atoms with Crippen LogP contribution < -0.4 is 15.0 Å². The summed E-state index contributed by atoms with van der Waals surface area (Å²) in [5, 5.41) is 2.17. The van der Waals surface area contributed by atoms with E-state index in [9.17, 15) is 22.8 Å². The van der Waals surface area contributed by atoms with Crippen LogP contribution in [0.25, 0.3) is 0 Å². The molecule has 0 aromatic heterocycles. The van der Waals surface area contributed by atoms with E-state index in [0.29, 0.717) is 17.5 Å². The topological polar surface area (TPSA) is 58.6 Å². The summed E-state index contributed by atoms with van der Waals surface area (Å²) in [6.45, 7) is 1.37. The highest BCUT2D eigenvalue weighted by Gasteiger charge is 2.26. The molecule has 0 fully saturated rings. The van der Waals surface area contributed by atoms with Gasteiger partial charge in [0, 0.05) is 0 Å². The van der Waals surface area contributed by atoms with Gasteiger partial charge in [-0.3, -0.25) is 4.79 Å². The van der Waals surface area contributed by atoms with E-state index in [2.05, 4.69) is 5.32 Å². The lowest BCUT2D eigenvalue weighted by molar-refractivity contribution is -0.133. The van der Waals surface area contributed by atoms with Gasteiger partial charge in [0.25, 0.3) is 0 Å². The van der Waals surface area contributed by atoms with Crippen LogP contribution in [0.4, 0.5) is 24.5 Å². The lowest BCUT2D eigenvalue weighted by atomic mass is 10.1. The molecule has 1 aliphatic rings. The maximum Gasteiger partial charge on any atom is 0.331 e. The maximum absolute atomic E-state index is 13.6. The first-order chi connectivity index (χ1) is 11.8. The van der Waals surface area contributed by atoms with Gasteiger partial charge < -0.3 is 15.0 Å². The Labute approximate surface area is 141 Å².